The van der Waals surface area contributed by atoms with Crippen molar-refractivity contribution < 1.29 is 13.9 Å². The first-order valence-electron chi connectivity index (χ1n) is 8.42. The van der Waals surface area contributed by atoms with E-state index in [2.05, 4.69) is 15.6 Å². The van der Waals surface area contributed by atoms with Gasteiger partial charge in [-0.15, -0.1) is 24.0 Å². The minimum Gasteiger partial charge on any atom is -0.497 e. The fraction of sp³-hybridized carbons (Fsp3) is 0.421. The van der Waals surface area contributed by atoms with Crippen molar-refractivity contribution >= 4 is 29.9 Å². The molecule has 0 aliphatic carbocycles. The van der Waals surface area contributed by atoms with Crippen LogP contribution in [0.15, 0.2) is 45.8 Å². The van der Waals surface area contributed by atoms with E-state index in [1.165, 1.54) is 0 Å². The van der Waals surface area contributed by atoms with Crippen LogP contribution in [-0.2, 0) is 0 Å². The van der Waals surface area contributed by atoms with Crippen LogP contribution < -0.4 is 20.1 Å². The summed E-state index contributed by atoms with van der Waals surface area (Å²) in [5.41, 5.74) is 0. The molecule has 0 saturated carbocycles. The van der Waals surface area contributed by atoms with Crippen molar-refractivity contribution in [3.63, 3.8) is 0 Å². The summed E-state index contributed by atoms with van der Waals surface area (Å²) in [4.78, 5) is 4.23. The van der Waals surface area contributed by atoms with Gasteiger partial charge in [0.2, 0.25) is 0 Å². The Labute approximate surface area is 172 Å². The maximum atomic E-state index is 5.72. The summed E-state index contributed by atoms with van der Waals surface area (Å²) in [7, 11) is 3.40. The Bertz CT molecular complexity index is 688. The smallest absolute Gasteiger partial charge is 0.191 e. The highest BCUT2D eigenvalue weighted by Gasteiger charge is 2.10. The number of guanidine groups is 1. The molecule has 1 aromatic carbocycles. The first-order valence-corrected chi connectivity index (χ1v) is 8.42. The first-order chi connectivity index (χ1) is 12.1. The molecule has 0 fully saturated rings. The van der Waals surface area contributed by atoms with Crippen molar-refractivity contribution in [2.45, 2.75) is 26.3 Å². The van der Waals surface area contributed by atoms with Gasteiger partial charge in [-0.3, -0.25) is 4.99 Å². The fourth-order valence-corrected chi connectivity index (χ4v) is 2.32. The van der Waals surface area contributed by atoms with Crippen molar-refractivity contribution in [3.05, 3.63) is 47.9 Å². The molecule has 2 aromatic rings. The van der Waals surface area contributed by atoms with Gasteiger partial charge in [-0.05, 0) is 44.5 Å². The molecule has 0 spiro atoms. The normalized spacial score (nSPS) is 12.1. The Morgan fingerprint density at radius 2 is 2.00 bits per heavy atom. The highest BCUT2D eigenvalue weighted by atomic mass is 127. The number of methoxy groups -OCH3 is 1. The summed E-state index contributed by atoms with van der Waals surface area (Å²) in [6, 6.07) is 11.6. The molecule has 0 aliphatic rings. The number of aryl methyl sites for hydroxylation is 1. The number of aliphatic imine (C=N–C) groups is 1. The summed E-state index contributed by atoms with van der Waals surface area (Å²) in [6.07, 6.45) is 0.853. The van der Waals surface area contributed by atoms with Crippen molar-refractivity contribution in [1.29, 1.82) is 0 Å². The van der Waals surface area contributed by atoms with Crippen LogP contribution in [-0.4, -0.2) is 33.3 Å². The molecule has 1 atom stereocenters. The minimum atomic E-state index is 0. The summed E-state index contributed by atoms with van der Waals surface area (Å²) in [5.74, 6) is 4.14. The lowest BCUT2D eigenvalue weighted by molar-refractivity contribution is 0.308. The number of nitrogens with one attached hydrogen (secondary N) is 2. The summed E-state index contributed by atoms with van der Waals surface area (Å²) < 4.78 is 16.5. The number of rotatable bonds is 8. The Morgan fingerprint density at radius 1 is 1.23 bits per heavy atom. The second-order valence-corrected chi connectivity index (χ2v) is 5.69. The van der Waals surface area contributed by atoms with E-state index < -0.39 is 0 Å². The zero-order valence-electron chi connectivity index (χ0n) is 15.7. The third-order valence-corrected chi connectivity index (χ3v) is 3.69. The van der Waals surface area contributed by atoms with Gasteiger partial charge in [-0.2, -0.15) is 0 Å². The highest BCUT2D eigenvalue weighted by Crippen LogP contribution is 2.18. The predicted molar refractivity (Wildman–Crippen MR) is 115 cm³/mol. The van der Waals surface area contributed by atoms with Gasteiger partial charge in [0, 0.05) is 19.7 Å². The Morgan fingerprint density at radius 3 is 2.65 bits per heavy atom. The maximum Gasteiger partial charge on any atom is 0.191 e. The van der Waals surface area contributed by atoms with Crippen molar-refractivity contribution in [3.8, 4) is 11.5 Å². The highest BCUT2D eigenvalue weighted by molar-refractivity contribution is 14.0. The molecule has 26 heavy (non-hydrogen) atoms. The van der Waals surface area contributed by atoms with E-state index >= 15 is 0 Å². The van der Waals surface area contributed by atoms with Crippen LogP contribution in [0.2, 0.25) is 0 Å². The molecule has 2 rings (SSSR count). The Kier molecular flexibility index (Phi) is 9.93. The van der Waals surface area contributed by atoms with Crippen LogP contribution in [0.5, 0.6) is 11.5 Å². The van der Waals surface area contributed by atoms with Gasteiger partial charge >= 0.3 is 0 Å². The molecule has 6 nitrogen and oxygen atoms in total. The number of hydrogen-bond acceptors (Lipinski definition) is 4. The standard InChI is InChI=1S/C19H27N3O3.HI/c1-14-9-10-18(25-14)15(2)22-19(20-3)21-11-6-12-24-17-8-5-7-16(13-17)23-4;/h5,7-10,13,15H,6,11-12H2,1-4H3,(H2,20,21,22);1H. The van der Waals surface area contributed by atoms with E-state index in [4.69, 9.17) is 13.9 Å². The van der Waals surface area contributed by atoms with E-state index in [0.29, 0.717) is 6.61 Å². The average Bonchev–Trinajstić information content (AvgIpc) is 3.07. The van der Waals surface area contributed by atoms with Gasteiger partial charge in [0.05, 0.1) is 19.8 Å². The molecule has 0 saturated heterocycles. The molecule has 1 aromatic heterocycles. The molecule has 0 radical (unpaired) electrons. The van der Waals surface area contributed by atoms with Gasteiger partial charge in [0.15, 0.2) is 5.96 Å². The van der Waals surface area contributed by atoms with Crippen molar-refractivity contribution in [2.24, 2.45) is 4.99 Å². The zero-order valence-corrected chi connectivity index (χ0v) is 18.1. The van der Waals surface area contributed by atoms with Crippen molar-refractivity contribution in [2.75, 3.05) is 27.3 Å². The van der Waals surface area contributed by atoms with E-state index in [9.17, 15) is 0 Å². The quantitative estimate of drug-likeness (QED) is 0.264. The molecule has 0 amide bonds. The molecule has 1 unspecified atom stereocenters. The predicted octanol–water partition coefficient (Wildman–Crippen LogP) is 3.91. The van der Waals surface area contributed by atoms with Crippen LogP contribution in [0.4, 0.5) is 0 Å². The van der Waals surface area contributed by atoms with E-state index in [1.54, 1.807) is 14.2 Å². The van der Waals surface area contributed by atoms with Gasteiger partial charge in [-0.1, -0.05) is 6.07 Å². The van der Waals surface area contributed by atoms with Crippen LogP contribution in [0.1, 0.15) is 30.9 Å². The molecule has 144 valence electrons. The van der Waals surface area contributed by atoms with Crippen LogP contribution in [0.3, 0.4) is 0 Å². The summed E-state index contributed by atoms with van der Waals surface area (Å²) in [5, 5.41) is 6.59. The molecule has 1 heterocycles. The second kappa shape index (κ2) is 11.7. The third-order valence-electron chi connectivity index (χ3n) is 3.69. The summed E-state index contributed by atoms with van der Waals surface area (Å²) in [6.45, 7) is 5.35. The second-order valence-electron chi connectivity index (χ2n) is 5.69. The molecule has 2 N–H and O–H groups in total. The third kappa shape index (κ3) is 7.15. The minimum absolute atomic E-state index is 0. The van der Waals surface area contributed by atoms with Gasteiger partial charge < -0.3 is 24.5 Å². The molecular weight excluding hydrogens is 445 g/mol. The first kappa shape index (κ1) is 22.1. The van der Waals surface area contributed by atoms with Crippen molar-refractivity contribution in [1.82, 2.24) is 10.6 Å². The molecule has 7 heteroatoms. The lowest BCUT2D eigenvalue weighted by atomic mass is 10.2. The monoisotopic (exact) mass is 473 g/mol. The number of halogens is 1. The number of hydrogen-bond donors (Lipinski definition) is 2. The number of nitrogens with zero attached hydrogens (tertiary/aromatic N) is 1. The van der Waals surface area contributed by atoms with Crippen LogP contribution >= 0.6 is 24.0 Å². The Hall–Kier alpha value is -1.90. The lowest BCUT2D eigenvalue weighted by Gasteiger charge is -2.16. The molecule has 0 bridgehead atoms. The van der Waals surface area contributed by atoms with Gasteiger partial charge in [0.1, 0.15) is 23.0 Å². The molecular formula is C19H28IN3O3. The average molecular weight is 473 g/mol. The maximum absolute atomic E-state index is 5.72. The fourth-order valence-electron chi connectivity index (χ4n) is 2.32. The molecule has 0 aliphatic heterocycles. The van der Waals surface area contributed by atoms with Crippen LogP contribution in [0, 0.1) is 6.92 Å². The Balaban J connectivity index is 0.00000338. The van der Waals surface area contributed by atoms with Crippen LogP contribution in [0.25, 0.3) is 0 Å². The number of ether oxygens (including phenoxy) is 2. The lowest BCUT2D eigenvalue weighted by Crippen LogP contribution is -2.39. The largest absolute Gasteiger partial charge is 0.497 e. The van der Waals surface area contributed by atoms with Gasteiger partial charge in [-0.25, -0.2) is 0 Å². The van der Waals surface area contributed by atoms with E-state index in [0.717, 1.165) is 41.9 Å². The number of furan rings is 1. The zero-order chi connectivity index (χ0) is 18.1. The summed E-state index contributed by atoms with van der Waals surface area (Å²) >= 11 is 0. The van der Waals surface area contributed by atoms with Gasteiger partial charge in [0.25, 0.3) is 0 Å². The number of benzene rings is 1. The topological polar surface area (TPSA) is 68.0 Å². The van der Waals surface area contributed by atoms with E-state index in [-0.39, 0.29) is 30.0 Å². The van der Waals surface area contributed by atoms with E-state index in [1.807, 2.05) is 50.2 Å². The SMILES string of the molecule is CN=C(NCCCOc1cccc(OC)c1)NC(C)c1ccc(C)o1.I.